The highest BCUT2D eigenvalue weighted by Crippen LogP contribution is 2.69. The van der Waals surface area contributed by atoms with Gasteiger partial charge >= 0.3 is 5.97 Å². The molecule has 6 rings (SSSR count). The number of esters is 1. The Morgan fingerprint density at radius 2 is 1.64 bits per heavy atom. The lowest BCUT2D eigenvalue weighted by Crippen LogP contribution is -2.62. The van der Waals surface area contributed by atoms with Crippen molar-refractivity contribution in [1.82, 2.24) is 0 Å². The van der Waals surface area contributed by atoms with Crippen molar-refractivity contribution in [2.75, 3.05) is 6.61 Å². The number of aliphatic hydroxyl groups is 2. The number of allylic oxidation sites excluding steroid dienone is 1. The zero-order valence-corrected chi connectivity index (χ0v) is 25.5. The van der Waals surface area contributed by atoms with E-state index < -0.39 is 52.6 Å². The van der Waals surface area contributed by atoms with Crippen molar-refractivity contribution >= 4 is 5.97 Å². The minimum Gasteiger partial charge on any atom is -0.465 e. The summed E-state index contributed by atoms with van der Waals surface area (Å²) in [6.45, 7) is 6.47. The molecule has 14 nitrogen and oxygen atoms in total. The molecule has 13 atom stereocenters. The van der Waals surface area contributed by atoms with Crippen LogP contribution in [0.2, 0.25) is 0 Å². The average Bonchev–Trinajstić information content (AvgIpc) is 3.24. The Morgan fingerprint density at radius 3 is 2.32 bits per heavy atom. The van der Waals surface area contributed by atoms with Crippen molar-refractivity contribution in [3.63, 3.8) is 0 Å². The van der Waals surface area contributed by atoms with Gasteiger partial charge in [0.05, 0.1) is 24.4 Å². The van der Waals surface area contributed by atoms with Gasteiger partial charge in [-0.25, -0.2) is 0 Å². The Labute approximate surface area is 255 Å². The quantitative estimate of drug-likeness (QED) is 0.182. The van der Waals surface area contributed by atoms with E-state index >= 15 is 0 Å². The molecule has 3 saturated carbocycles. The molecule has 2 N–H and O–H groups in total. The molecule has 2 saturated heterocycles. The molecule has 4 aliphatic carbocycles. The van der Waals surface area contributed by atoms with E-state index in [4.69, 9.17) is 19.0 Å². The van der Waals surface area contributed by atoms with Crippen molar-refractivity contribution in [3.05, 3.63) is 31.9 Å². The summed E-state index contributed by atoms with van der Waals surface area (Å²) in [5.74, 6) is 0.919. The van der Waals surface area contributed by atoms with Crippen LogP contribution in [0.3, 0.4) is 0 Å². The van der Waals surface area contributed by atoms with Gasteiger partial charge in [-0.2, -0.15) is 0 Å². The first-order valence-electron chi connectivity index (χ1n) is 16.0. The number of fused-ring (bicyclic) bond motifs is 5. The van der Waals surface area contributed by atoms with E-state index in [0.29, 0.717) is 25.4 Å². The van der Waals surface area contributed by atoms with Gasteiger partial charge < -0.3 is 34.1 Å². The molecule has 0 unspecified atom stereocenters. The van der Waals surface area contributed by atoms with Gasteiger partial charge in [-0.1, -0.05) is 25.5 Å². The minimum atomic E-state index is -1.67. The van der Waals surface area contributed by atoms with Gasteiger partial charge in [0.2, 0.25) is 0 Å². The molecule has 6 aliphatic rings. The second-order valence-electron chi connectivity index (χ2n) is 14.4. The van der Waals surface area contributed by atoms with Gasteiger partial charge in [-0.3, -0.25) is 4.79 Å². The van der Waals surface area contributed by atoms with Crippen LogP contribution < -0.4 is 0 Å². The topological polar surface area (TPSA) is 190 Å². The molecule has 44 heavy (non-hydrogen) atoms. The number of cyclic esters (lactones) is 1. The van der Waals surface area contributed by atoms with Crippen LogP contribution in [-0.2, 0) is 28.7 Å². The van der Waals surface area contributed by atoms with Gasteiger partial charge in [0.15, 0.2) is 18.5 Å². The molecule has 0 aromatic heterocycles. The lowest BCUT2D eigenvalue weighted by molar-refractivity contribution is -0.806. The number of rotatable bonds is 7. The molecular weight excluding hydrogens is 580 g/mol. The fourth-order valence-electron chi connectivity index (χ4n) is 10.2. The molecule has 5 fully saturated rings. The van der Waals surface area contributed by atoms with Crippen LogP contribution in [-0.4, -0.2) is 75.4 Å². The highest BCUT2D eigenvalue weighted by molar-refractivity contribution is 5.70. The van der Waals surface area contributed by atoms with Crippen molar-refractivity contribution < 1.29 is 49.1 Å². The maximum Gasteiger partial charge on any atom is 0.305 e. The van der Waals surface area contributed by atoms with Gasteiger partial charge in [-0.05, 0) is 99.2 Å². The summed E-state index contributed by atoms with van der Waals surface area (Å²) in [4.78, 5) is 43.4. The monoisotopic (exact) mass is 624 g/mol. The number of carbonyl (C=O) groups excluding carboxylic acids is 1. The zero-order valence-electron chi connectivity index (χ0n) is 25.5. The number of aliphatic hydroxyl groups excluding tert-OH is 1. The van der Waals surface area contributed by atoms with Gasteiger partial charge in [-0.15, -0.1) is 20.2 Å². The summed E-state index contributed by atoms with van der Waals surface area (Å²) < 4.78 is 17.3. The van der Waals surface area contributed by atoms with Gasteiger partial charge in [0.25, 0.3) is 10.2 Å². The Kier molecular flexibility index (Phi) is 8.11. The molecule has 2 aliphatic heterocycles. The Morgan fingerprint density at radius 1 is 0.932 bits per heavy atom. The predicted molar refractivity (Wildman–Crippen MR) is 149 cm³/mol. The summed E-state index contributed by atoms with van der Waals surface area (Å²) in [5.41, 5.74) is 0.0674. The molecular formula is C30H44N2O12. The van der Waals surface area contributed by atoms with Gasteiger partial charge in [0.1, 0.15) is 6.10 Å². The second-order valence-corrected chi connectivity index (χ2v) is 14.4. The van der Waals surface area contributed by atoms with Crippen LogP contribution in [0.15, 0.2) is 11.6 Å². The van der Waals surface area contributed by atoms with Gasteiger partial charge in [0, 0.05) is 6.42 Å². The third-order valence-corrected chi connectivity index (χ3v) is 12.6. The SMILES string of the molecule is C[C@@H]1O[C@@H](O[C@@H]2C=C3CC[C@@H]4[C@H](CC[C@]5(C)[C@@H]([C@H]6CCC(=O)OC6)CC[C@]45O)[C@@]3(C)CC2)[C@H](O[N+](=O)[O-])[C@H](O[N+](=O)[O-])[C@H]1O. The van der Waals surface area contributed by atoms with Crippen LogP contribution in [0.4, 0.5) is 0 Å². The first kappa shape index (κ1) is 31.4. The number of ether oxygens (including phenoxy) is 3. The highest BCUT2D eigenvalue weighted by atomic mass is 17.0. The third-order valence-electron chi connectivity index (χ3n) is 12.6. The molecule has 0 aromatic rings. The lowest BCUT2D eigenvalue weighted by Gasteiger charge is -2.62. The highest BCUT2D eigenvalue weighted by Gasteiger charge is 2.67. The summed E-state index contributed by atoms with van der Waals surface area (Å²) in [6.07, 6.45) is 2.20. The van der Waals surface area contributed by atoms with E-state index in [9.17, 15) is 35.2 Å². The van der Waals surface area contributed by atoms with E-state index in [1.54, 1.807) is 0 Å². The second kappa shape index (κ2) is 11.4. The van der Waals surface area contributed by atoms with Crippen LogP contribution in [0.1, 0.15) is 85.0 Å². The fraction of sp³-hybridized carbons (Fsp3) is 0.900. The first-order chi connectivity index (χ1) is 20.8. The smallest absolute Gasteiger partial charge is 0.305 e. The molecule has 246 valence electrons. The number of nitrogens with zero attached hydrogens (tertiary/aromatic N) is 2. The Bertz CT molecular complexity index is 1190. The third kappa shape index (κ3) is 5.05. The van der Waals surface area contributed by atoms with Crippen molar-refractivity contribution in [3.8, 4) is 0 Å². The minimum absolute atomic E-state index is 0.129. The van der Waals surface area contributed by atoms with Crippen LogP contribution in [0, 0.1) is 54.7 Å². The summed E-state index contributed by atoms with van der Waals surface area (Å²) in [7, 11) is 0. The standard InChI is InChI=1S/C30H44N2O12/c1-16-24(34)25(43-31(36)37)26(44-32(38)39)27(41-16)42-19-8-11-28(2)18(14-19)5-6-22-21(28)9-12-29(3)20(10-13-30(22,29)35)17-4-7-23(33)40-15-17/h14,16-17,19-22,24-27,34-35H,4-13,15H2,1-3H3/t16-,17-,19-,20+,21-,22+,24-,25+,26+,27-,28-,29+,30-/m0/s1. The van der Waals surface area contributed by atoms with E-state index in [-0.39, 0.29) is 34.6 Å². The Hall–Kier alpha value is -2.55. The number of hydrogen-bond acceptors (Lipinski definition) is 12. The van der Waals surface area contributed by atoms with E-state index in [0.717, 1.165) is 51.4 Å². The van der Waals surface area contributed by atoms with Crippen molar-refractivity contribution in [1.29, 1.82) is 0 Å². The predicted octanol–water partition coefficient (Wildman–Crippen LogP) is 3.28. The van der Waals surface area contributed by atoms with Crippen molar-refractivity contribution in [2.24, 2.45) is 34.5 Å². The molecule has 0 amide bonds. The fourth-order valence-corrected chi connectivity index (χ4v) is 10.2. The maximum atomic E-state index is 12.5. The average molecular weight is 625 g/mol. The van der Waals surface area contributed by atoms with Crippen molar-refractivity contribution in [2.45, 2.75) is 127 Å². The van der Waals surface area contributed by atoms with E-state index in [1.807, 2.05) is 0 Å². The summed E-state index contributed by atoms with van der Waals surface area (Å²) in [5, 5.41) is 43.1. The molecule has 0 spiro atoms. The summed E-state index contributed by atoms with van der Waals surface area (Å²) >= 11 is 0. The maximum absolute atomic E-state index is 12.5. The number of hydrogen-bond donors (Lipinski definition) is 2. The van der Waals surface area contributed by atoms with Crippen LogP contribution >= 0.6 is 0 Å². The normalized spacial score (nSPS) is 48.6. The first-order valence-corrected chi connectivity index (χ1v) is 16.0. The Balaban J connectivity index is 1.19. The number of carbonyl (C=O) groups is 1. The molecule has 0 aromatic carbocycles. The molecule has 14 heteroatoms. The van der Waals surface area contributed by atoms with E-state index in [1.165, 1.54) is 12.5 Å². The molecule has 0 bridgehead atoms. The lowest BCUT2D eigenvalue weighted by atomic mass is 9.44. The van der Waals surface area contributed by atoms with E-state index in [2.05, 4.69) is 24.8 Å². The largest absolute Gasteiger partial charge is 0.465 e. The molecule has 0 radical (unpaired) electrons. The van der Waals surface area contributed by atoms with Crippen LogP contribution in [0.5, 0.6) is 0 Å². The zero-order chi connectivity index (χ0) is 31.6. The summed E-state index contributed by atoms with van der Waals surface area (Å²) in [6, 6.07) is 0. The van der Waals surface area contributed by atoms with Crippen LogP contribution in [0.25, 0.3) is 0 Å². The molecule has 2 heterocycles.